The molecule has 2 aromatic carbocycles. The molecular formula is C23H25NO4. The van der Waals surface area contributed by atoms with Crippen LogP contribution in [0.4, 0.5) is 0 Å². The Morgan fingerprint density at radius 1 is 0.964 bits per heavy atom. The van der Waals surface area contributed by atoms with Crippen molar-refractivity contribution in [3.8, 4) is 0 Å². The summed E-state index contributed by atoms with van der Waals surface area (Å²) >= 11 is 0. The molecule has 0 bridgehead atoms. The van der Waals surface area contributed by atoms with E-state index in [0.29, 0.717) is 12.8 Å². The van der Waals surface area contributed by atoms with Crippen LogP contribution in [0.15, 0.2) is 60.7 Å². The Bertz CT molecular complexity index is 840. The van der Waals surface area contributed by atoms with Crippen molar-refractivity contribution < 1.29 is 14.8 Å². The molecule has 0 aliphatic heterocycles. The van der Waals surface area contributed by atoms with E-state index >= 15 is 0 Å². The molecule has 146 valence electrons. The van der Waals surface area contributed by atoms with Crippen molar-refractivity contribution in [2.75, 3.05) is 0 Å². The predicted octanol–water partition coefficient (Wildman–Crippen LogP) is 3.95. The summed E-state index contributed by atoms with van der Waals surface area (Å²) in [6.45, 7) is 0. The van der Waals surface area contributed by atoms with Gasteiger partial charge in [-0.05, 0) is 24.0 Å². The topological polar surface area (TPSA) is 80.4 Å². The largest absolute Gasteiger partial charge is 0.389 e. The SMILES string of the molecule is O=C[C@@H]1[C@@H](c2ccccc2)[C@H]([N+](=O)[O-])[C@@H](c2ccccc2)[C@@H]2CCCC[C@@]12O. The summed E-state index contributed by atoms with van der Waals surface area (Å²) in [4.78, 5) is 24.4. The molecule has 0 aromatic heterocycles. The maximum absolute atomic E-state index is 12.4. The first kappa shape index (κ1) is 18.8. The van der Waals surface area contributed by atoms with Crippen LogP contribution in [0.3, 0.4) is 0 Å². The molecule has 0 radical (unpaired) electrons. The van der Waals surface area contributed by atoms with Gasteiger partial charge in [-0.3, -0.25) is 10.1 Å². The van der Waals surface area contributed by atoms with Gasteiger partial charge in [0, 0.05) is 10.8 Å². The third-order valence-corrected chi connectivity index (χ3v) is 6.88. The molecule has 2 fully saturated rings. The Balaban J connectivity index is 1.93. The Kier molecular flexibility index (Phi) is 5.02. The first-order valence-electron chi connectivity index (χ1n) is 9.99. The number of rotatable bonds is 4. The van der Waals surface area contributed by atoms with Gasteiger partial charge in [-0.2, -0.15) is 0 Å². The van der Waals surface area contributed by atoms with Gasteiger partial charge in [0.2, 0.25) is 6.04 Å². The van der Waals surface area contributed by atoms with Crippen LogP contribution in [0, 0.1) is 22.0 Å². The van der Waals surface area contributed by atoms with Crippen molar-refractivity contribution in [2.24, 2.45) is 11.8 Å². The summed E-state index contributed by atoms with van der Waals surface area (Å²) in [5, 5.41) is 24.1. The van der Waals surface area contributed by atoms with Gasteiger partial charge in [0.05, 0.1) is 23.4 Å². The van der Waals surface area contributed by atoms with E-state index in [2.05, 4.69) is 0 Å². The molecule has 0 unspecified atom stereocenters. The van der Waals surface area contributed by atoms with E-state index in [1.54, 1.807) is 0 Å². The highest BCUT2D eigenvalue weighted by molar-refractivity contribution is 5.60. The molecule has 2 aromatic rings. The molecule has 5 nitrogen and oxygen atoms in total. The summed E-state index contributed by atoms with van der Waals surface area (Å²) in [6.07, 6.45) is 3.74. The van der Waals surface area contributed by atoms with Crippen LogP contribution in [0.5, 0.6) is 0 Å². The lowest BCUT2D eigenvalue weighted by molar-refractivity contribution is -0.541. The molecule has 2 saturated carbocycles. The van der Waals surface area contributed by atoms with E-state index in [1.165, 1.54) is 0 Å². The summed E-state index contributed by atoms with van der Waals surface area (Å²) in [7, 11) is 0. The molecule has 2 aliphatic rings. The number of benzene rings is 2. The van der Waals surface area contributed by atoms with Crippen LogP contribution in [0.1, 0.15) is 48.6 Å². The number of nitrogens with zero attached hydrogens (tertiary/aromatic N) is 1. The molecule has 2 aliphatic carbocycles. The number of aldehydes is 1. The number of hydrogen-bond donors (Lipinski definition) is 1. The van der Waals surface area contributed by atoms with E-state index in [9.17, 15) is 20.0 Å². The Morgan fingerprint density at radius 2 is 1.54 bits per heavy atom. The first-order valence-corrected chi connectivity index (χ1v) is 9.99. The molecule has 0 saturated heterocycles. The number of fused-ring (bicyclic) bond motifs is 1. The highest BCUT2D eigenvalue weighted by Gasteiger charge is 2.63. The van der Waals surface area contributed by atoms with E-state index in [1.807, 2.05) is 60.7 Å². The fraction of sp³-hybridized carbons (Fsp3) is 0.435. The molecule has 0 heterocycles. The maximum Gasteiger partial charge on any atom is 0.227 e. The van der Waals surface area contributed by atoms with E-state index in [4.69, 9.17) is 0 Å². The van der Waals surface area contributed by atoms with E-state index in [0.717, 1.165) is 30.3 Å². The third kappa shape index (κ3) is 2.94. The second-order valence-electron chi connectivity index (χ2n) is 8.15. The molecule has 0 amide bonds. The van der Waals surface area contributed by atoms with Crippen molar-refractivity contribution in [2.45, 2.75) is 49.2 Å². The van der Waals surface area contributed by atoms with Gasteiger partial charge in [-0.25, -0.2) is 0 Å². The van der Waals surface area contributed by atoms with Crippen molar-refractivity contribution in [3.63, 3.8) is 0 Å². The number of nitro groups is 1. The summed E-state index contributed by atoms with van der Waals surface area (Å²) in [5.41, 5.74) is 0.410. The van der Waals surface area contributed by atoms with Crippen LogP contribution >= 0.6 is 0 Å². The van der Waals surface area contributed by atoms with Gasteiger partial charge >= 0.3 is 0 Å². The zero-order chi connectivity index (χ0) is 19.7. The van der Waals surface area contributed by atoms with Crippen molar-refractivity contribution >= 4 is 6.29 Å². The minimum absolute atomic E-state index is 0.222. The molecular weight excluding hydrogens is 354 g/mol. The summed E-state index contributed by atoms with van der Waals surface area (Å²) in [5.74, 6) is -2.16. The quantitative estimate of drug-likeness (QED) is 0.495. The Hall–Kier alpha value is -2.53. The van der Waals surface area contributed by atoms with Crippen molar-refractivity contribution in [3.05, 3.63) is 81.9 Å². The highest BCUT2D eigenvalue weighted by Crippen LogP contribution is 2.57. The van der Waals surface area contributed by atoms with Crippen LogP contribution in [0.25, 0.3) is 0 Å². The highest BCUT2D eigenvalue weighted by atomic mass is 16.6. The lowest BCUT2D eigenvalue weighted by Gasteiger charge is -2.54. The summed E-state index contributed by atoms with van der Waals surface area (Å²) < 4.78 is 0. The molecule has 0 spiro atoms. The Morgan fingerprint density at radius 3 is 2.07 bits per heavy atom. The van der Waals surface area contributed by atoms with Crippen LogP contribution < -0.4 is 0 Å². The number of aliphatic hydroxyl groups is 1. The van der Waals surface area contributed by atoms with Gasteiger partial charge < -0.3 is 9.90 Å². The lowest BCUT2D eigenvalue weighted by Crippen LogP contribution is -2.61. The zero-order valence-corrected chi connectivity index (χ0v) is 15.7. The molecule has 28 heavy (non-hydrogen) atoms. The molecule has 4 rings (SSSR count). The average Bonchev–Trinajstić information content (AvgIpc) is 2.72. The minimum atomic E-state index is -1.21. The number of hydrogen-bond acceptors (Lipinski definition) is 4. The zero-order valence-electron chi connectivity index (χ0n) is 15.7. The smallest absolute Gasteiger partial charge is 0.227 e. The maximum atomic E-state index is 12.4. The molecule has 6 atom stereocenters. The Labute approximate surface area is 164 Å². The van der Waals surface area contributed by atoms with Crippen LogP contribution in [0.2, 0.25) is 0 Å². The second kappa shape index (κ2) is 7.47. The van der Waals surface area contributed by atoms with Gasteiger partial charge in [-0.15, -0.1) is 0 Å². The van der Waals surface area contributed by atoms with Crippen molar-refractivity contribution in [1.29, 1.82) is 0 Å². The first-order chi connectivity index (χ1) is 13.6. The van der Waals surface area contributed by atoms with Crippen molar-refractivity contribution in [1.82, 2.24) is 0 Å². The van der Waals surface area contributed by atoms with Gasteiger partial charge in [0.25, 0.3) is 0 Å². The van der Waals surface area contributed by atoms with E-state index < -0.39 is 29.4 Å². The third-order valence-electron chi connectivity index (χ3n) is 6.88. The number of carbonyl (C=O) groups is 1. The van der Waals surface area contributed by atoms with E-state index in [-0.39, 0.29) is 10.8 Å². The van der Waals surface area contributed by atoms with Gasteiger partial charge in [0.15, 0.2) is 0 Å². The van der Waals surface area contributed by atoms with Crippen LogP contribution in [-0.4, -0.2) is 28.0 Å². The second-order valence-corrected chi connectivity index (χ2v) is 8.15. The predicted molar refractivity (Wildman–Crippen MR) is 106 cm³/mol. The lowest BCUT2D eigenvalue weighted by atomic mass is 9.51. The summed E-state index contributed by atoms with van der Waals surface area (Å²) in [6, 6.07) is 17.8. The van der Waals surface area contributed by atoms with Gasteiger partial charge in [0.1, 0.15) is 6.29 Å². The molecule has 1 N–H and O–H groups in total. The fourth-order valence-electron chi connectivity index (χ4n) is 5.75. The van der Waals surface area contributed by atoms with Crippen LogP contribution in [-0.2, 0) is 4.79 Å². The monoisotopic (exact) mass is 379 g/mol. The van der Waals surface area contributed by atoms with Gasteiger partial charge in [-0.1, -0.05) is 73.5 Å². The minimum Gasteiger partial charge on any atom is -0.389 e. The normalized spacial score (nSPS) is 35.0. The average molecular weight is 379 g/mol. The fourth-order valence-corrected chi connectivity index (χ4v) is 5.75. The number of carbonyl (C=O) groups excluding carboxylic acids is 1. The standard InChI is InChI=1S/C23H25NO4/c25-15-19-21(17-11-5-2-6-12-17)22(24(27)28)20(16-9-3-1-4-10-16)18-13-7-8-14-23(18,19)26/h1-6,9-12,15,18-22,26H,7-8,13-14H2/t18-,19+,20-,21+,22+,23-/m0/s1. The molecule has 5 heteroatoms.